The molecule has 0 N–H and O–H groups in total. The Morgan fingerprint density at radius 2 is 2.36 bits per heavy atom. The fourth-order valence-corrected chi connectivity index (χ4v) is 0.802. The van der Waals surface area contributed by atoms with E-state index < -0.39 is 24.8 Å². The fraction of sp³-hybridized carbons (Fsp3) is 0.500. The van der Waals surface area contributed by atoms with Crippen molar-refractivity contribution in [2.75, 3.05) is 20.8 Å². The molecule has 4 heteroatoms. The summed E-state index contributed by atoms with van der Waals surface area (Å²) in [4.78, 5) is 11.6. The van der Waals surface area contributed by atoms with Gasteiger partial charge in [-0.1, -0.05) is 12.2 Å². The number of carbonyl (C=O) groups excluding carboxylic acids is 1. The highest BCUT2D eigenvalue weighted by molar-refractivity contribution is 5.78. The zero-order valence-corrected chi connectivity index (χ0v) is 8.20. The summed E-state index contributed by atoms with van der Waals surface area (Å²) in [5.41, 5.74) is 0. The minimum absolute atomic E-state index is 0.328. The first kappa shape index (κ1) is 7.20. The number of rotatable bonds is 7. The number of hydrogen-bond acceptors (Lipinski definition) is 4. The molecule has 80 valence electrons. The predicted octanol–water partition coefficient (Wildman–Crippen LogP) is 1.28. The van der Waals surface area contributed by atoms with Crippen molar-refractivity contribution in [2.24, 2.45) is 0 Å². The summed E-state index contributed by atoms with van der Waals surface area (Å²) in [7, 11) is 2.23. The molecule has 0 aliphatic heterocycles. The van der Waals surface area contributed by atoms with Gasteiger partial charge in [0.15, 0.2) is 0 Å². The summed E-state index contributed by atoms with van der Waals surface area (Å²) in [5.74, 6) is -3.02. The van der Waals surface area contributed by atoms with Gasteiger partial charge in [-0.15, -0.1) is 13.1 Å². The van der Waals surface area contributed by atoms with Crippen LogP contribution in [0.3, 0.4) is 0 Å². The molecule has 0 heterocycles. The van der Waals surface area contributed by atoms with E-state index in [4.69, 9.17) is 15.0 Å². The molecule has 0 saturated carbocycles. The zero-order chi connectivity index (χ0) is 14.4. The zero-order valence-electron chi connectivity index (χ0n) is 12.2. The lowest BCUT2D eigenvalue weighted by atomic mass is 10.2. The van der Waals surface area contributed by atoms with Crippen LogP contribution in [0.4, 0.5) is 0 Å². The average molecular weight is 204 g/mol. The topological polar surface area (TPSA) is 44.8 Å². The highest BCUT2D eigenvalue weighted by Gasteiger charge is 2.39. The Labute approximate surface area is 89.8 Å². The van der Waals surface area contributed by atoms with Gasteiger partial charge in [-0.05, 0) is 0 Å². The highest BCUT2D eigenvalue weighted by Crippen LogP contribution is 2.19. The molecule has 0 radical (unpaired) electrons. The van der Waals surface area contributed by atoms with E-state index in [0.717, 1.165) is 26.4 Å². The minimum atomic E-state index is -2.32. The van der Waals surface area contributed by atoms with E-state index in [-0.39, 0.29) is 6.42 Å². The van der Waals surface area contributed by atoms with Gasteiger partial charge in [-0.25, -0.2) is 4.79 Å². The molecule has 0 aromatic heterocycles. The van der Waals surface area contributed by atoms with Gasteiger partial charge in [0.1, 0.15) is 0 Å². The molecule has 0 amide bonds. The smallest absolute Gasteiger partial charge is 0.366 e. The normalized spacial score (nSPS) is 19.0. The van der Waals surface area contributed by atoms with Crippen LogP contribution in [0.25, 0.3) is 0 Å². The van der Waals surface area contributed by atoms with Gasteiger partial charge in [0.05, 0.1) is 19.2 Å². The first-order valence-corrected chi connectivity index (χ1v) is 3.83. The Balaban J connectivity index is 5.29. The van der Waals surface area contributed by atoms with E-state index in [2.05, 4.69) is 11.3 Å². The third kappa shape index (κ3) is 2.97. The number of ether oxygens (including phenoxy) is 3. The summed E-state index contributed by atoms with van der Waals surface area (Å²) in [5, 5.41) is 0. The van der Waals surface area contributed by atoms with Crippen LogP contribution in [0, 0.1) is 0 Å². The fourth-order valence-electron chi connectivity index (χ4n) is 0.802. The molecule has 0 rings (SSSR count). The predicted molar refractivity (Wildman–Crippen MR) is 52.7 cm³/mol. The lowest BCUT2D eigenvalue weighted by molar-refractivity contribution is -0.232. The monoisotopic (exact) mass is 204 g/mol. The Morgan fingerprint density at radius 3 is 2.79 bits per heavy atom. The third-order valence-corrected chi connectivity index (χ3v) is 1.50. The van der Waals surface area contributed by atoms with E-state index in [1.165, 1.54) is 0 Å². The molecular formula is C10H16O4. The second-order valence-electron chi connectivity index (χ2n) is 2.28. The lowest BCUT2D eigenvalue weighted by Crippen LogP contribution is -2.44. The third-order valence-electron chi connectivity index (χ3n) is 1.50. The van der Waals surface area contributed by atoms with Crippen LogP contribution in [-0.2, 0) is 19.0 Å². The minimum Gasteiger partial charge on any atom is -0.465 e. The summed E-state index contributed by atoms with van der Waals surface area (Å²) >= 11 is 0. The van der Waals surface area contributed by atoms with Crippen molar-refractivity contribution >= 4 is 5.97 Å². The highest BCUT2D eigenvalue weighted by atomic mass is 16.7. The Morgan fingerprint density at radius 1 is 1.64 bits per heavy atom. The molecule has 0 fully saturated rings. The first-order chi connectivity index (χ1) is 8.23. The number of esters is 1. The summed E-state index contributed by atoms with van der Waals surface area (Å²) in [6.07, 6.45) is 1.57. The van der Waals surface area contributed by atoms with Crippen LogP contribution in [0.1, 0.15) is 11.9 Å². The van der Waals surface area contributed by atoms with Crippen molar-refractivity contribution in [2.45, 2.75) is 12.2 Å². The molecule has 0 aromatic carbocycles. The molecule has 0 aliphatic rings. The number of methoxy groups -OCH3 is 2. The quantitative estimate of drug-likeness (QED) is 0.356. The molecule has 0 spiro atoms. The molecule has 1 unspecified atom stereocenters. The molecule has 0 aromatic rings. The Hall–Kier alpha value is -1.13. The summed E-state index contributed by atoms with van der Waals surface area (Å²) in [6.45, 7) is 0.364. The van der Waals surface area contributed by atoms with Gasteiger partial charge < -0.3 is 14.2 Å². The maximum atomic E-state index is 11.6. The molecule has 0 bridgehead atoms. The van der Waals surface area contributed by atoms with Gasteiger partial charge in [-0.2, -0.15) is 0 Å². The van der Waals surface area contributed by atoms with Crippen molar-refractivity contribution in [1.29, 1.82) is 0 Å². The van der Waals surface area contributed by atoms with E-state index in [1.54, 1.807) is 0 Å². The summed E-state index contributed by atoms with van der Waals surface area (Å²) in [6, 6.07) is 0. The van der Waals surface area contributed by atoms with Crippen LogP contribution >= 0.6 is 0 Å². The van der Waals surface area contributed by atoms with Gasteiger partial charge in [0.25, 0.3) is 5.79 Å². The molecule has 0 saturated heterocycles. The standard InChI is InChI=1S/C10H16O4/c1-5-7-10(13-4,9(11)12-3)14-8-6-2/h5-6H,1-2,7-8H2,3-4H3/i1D2,8D2. The second-order valence-corrected chi connectivity index (χ2v) is 2.28. The largest absolute Gasteiger partial charge is 0.465 e. The van der Waals surface area contributed by atoms with Crippen LogP contribution in [0.5, 0.6) is 0 Å². The maximum absolute atomic E-state index is 11.6. The average Bonchev–Trinajstić information content (AvgIpc) is 2.33. The molecule has 0 aliphatic carbocycles. The van der Waals surface area contributed by atoms with E-state index in [9.17, 15) is 4.79 Å². The van der Waals surface area contributed by atoms with E-state index in [1.807, 2.05) is 0 Å². The SMILES string of the molecule is [2H]C([2H])=CCC(OC)(OC([2H])([2H])C=C)C(=O)OC. The van der Waals surface area contributed by atoms with Gasteiger partial charge in [0.2, 0.25) is 0 Å². The van der Waals surface area contributed by atoms with Crippen molar-refractivity contribution < 1.29 is 24.5 Å². The number of carbonyl (C=O) groups is 1. The maximum Gasteiger partial charge on any atom is 0.366 e. The van der Waals surface area contributed by atoms with Crippen LogP contribution in [-0.4, -0.2) is 32.5 Å². The van der Waals surface area contributed by atoms with Crippen molar-refractivity contribution in [3.8, 4) is 0 Å². The molecule has 14 heavy (non-hydrogen) atoms. The van der Waals surface area contributed by atoms with Crippen LogP contribution in [0.2, 0.25) is 0 Å². The number of hydrogen-bond donors (Lipinski definition) is 0. The Bertz CT molecular complexity index is 339. The van der Waals surface area contributed by atoms with Gasteiger partial charge in [-0.3, -0.25) is 0 Å². The van der Waals surface area contributed by atoms with Gasteiger partial charge >= 0.3 is 5.97 Å². The first-order valence-electron chi connectivity index (χ1n) is 5.83. The molecular weight excluding hydrogens is 184 g/mol. The van der Waals surface area contributed by atoms with Crippen LogP contribution in [0.15, 0.2) is 25.3 Å². The van der Waals surface area contributed by atoms with Crippen molar-refractivity contribution in [3.63, 3.8) is 0 Å². The van der Waals surface area contributed by atoms with Crippen LogP contribution < -0.4 is 0 Å². The van der Waals surface area contributed by atoms with Gasteiger partial charge in [0, 0.05) is 13.5 Å². The van der Waals surface area contributed by atoms with E-state index in [0.29, 0.717) is 0 Å². The second kappa shape index (κ2) is 6.34. The molecule has 4 nitrogen and oxygen atoms in total. The van der Waals surface area contributed by atoms with E-state index >= 15 is 0 Å². The molecule has 1 atom stereocenters. The van der Waals surface area contributed by atoms with Crippen molar-refractivity contribution in [3.05, 3.63) is 25.3 Å². The summed E-state index contributed by atoms with van der Waals surface area (Å²) < 4.78 is 43.0. The Kier molecular flexibility index (Phi) is 3.26. The lowest BCUT2D eigenvalue weighted by Gasteiger charge is -2.27. The van der Waals surface area contributed by atoms with Crippen molar-refractivity contribution in [1.82, 2.24) is 0 Å².